The van der Waals surface area contributed by atoms with Crippen molar-refractivity contribution in [2.24, 2.45) is 5.73 Å². The molecule has 1 fully saturated rings. The molecule has 166 valence electrons. The Morgan fingerprint density at radius 2 is 1.70 bits per heavy atom. The van der Waals surface area contributed by atoms with Crippen LogP contribution in [0.25, 0.3) is 16.6 Å². The number of nitrogens with one attached hydrogen (secondary N) is 2. The normalized spacial score (nSPS) is 14.9. The van der Waals surface area contributed by atoms with E-state index >= 15 is 0 Å². The van der Waals surface area contributed by atoms with Crippen LogP contribution in [0.1, 0.15) is 60.9 Å². The predicted octanol–water partition coefficient (Wildman–Crippen LogP) is 4.24. The minimum atomic E-state index is -1.66. The van der Waals surface area contributed by atoms with E-state index in [4.69, 9.17) is 16.1 Å². The van der Waals surface area contributed by atoms with Crippen molar-refractivity contribution >= 4 is 22.3 Å². The molecule has 5 N–H and O–H groups in total. The van der Waals surface area contributed by atoms with Gasteiger partial charge in [0, 0.05) is 40.9 Å². The number of H-pyrrole nitrogens is 1. The van der Waals surface area contributed by atoms with E-state index in [1.165, 1.54) is 0 Å². The summed E-state index contributed by atoms with van der Waals surface area (Å²) in [7, 11) is 0. The first-order valence-electron chi connectivity index (χ1n) is 11.0. The third-order valence-corrected chi connectivity index (χ3v) is 6.09. The molecule has 0 spiro atoms. The van der Waals surface area contributed by atoms with Gasteiger partial charge in [-0.25, -0.2) is 4.98 Å². The standard InChI is InChI=1S/C26H26N6O/c1-15(27)23(16(2)28)18-13-19(24-20(14-18)31-25(32-24)17-9-10-17)26(33,21-7-3-5-11-29-21)22-8-4-6-12-30-22/h3-8,11-14,17,27,33H,9-10,28H2,1-2H3,(H,31,32)/b23-16+,27-15?. The molecular weight excluding hydrogens is 412 g/mol. The molecule has 0 radical (unpaired) electrons. The van der Waals surface area contributed by atoms with Gasteiger partial charge in [-0.2, -0.15) is 0 Å². The second kappa shape index (κ2) is 7.94. The third-order valence-electron chi connectivity index (χ3n) is 6.09. The highest BCUT2D eigenvalue weighted by molar-refractivity contribution is 6.22. The maximum atomic E-state index is 12.4. The molecule has 1 aliphatic carbocycles. The fourth-order valence-electron chi connectivity index (χ4n) is 4.41. The number of nitrogens with two attached hydrogens (primary N) is 1. The van der Waals surface area contributed by atoms with Gasteiger partial charge in [-0.15, -0.1) is 0 Å². The molecule has 1 aliphatic rings. The number of hydrogen-bond acceptors (Lipinski definition) is 6. The highest BCUT2D eigenvalue weighted by Gasteiger charge is 2.40. The van der Waals surface area contributed by atoms with Crippen molar-refractivity contribution in [2.75, 3.05) is 0 Å². The molecule has 7 nitrogen and oxygen atoms in total. The van der Waals surface area contributed by atoms with Crippen molar-refractivity contribution in [2.45, 2.75) is 38.2 Å². The number of aliphatic hydroxyl groups is 1. The summed E-state index contributed by atoms with van der Waals surface area (Å²) < 4.78 is 0. The smallest absolute Gasteiger partial charge is 0.176 e. The fraction of sp³-hybridized carbons (Fsp3) is 0.231. The lowest BCUT2D eigenvalue weighted by atomic mass is 9.83. The largest absolute Gasteiger partial charge is 0.402 e. The van der Waals surface area contributed by atoms with Crippen LogP contribution in [0.5, 0.6) is 0 Å². The summed E-state index contributed by atoms with van der Waals surface area (Å²) in [6.45, 7) is 3.49. The number of pyridine rings is 2. The van der Waals surface area contributed by atoms with Gasteiger partial charge in [-0.05, 0) is 68.7 Å². The van der Waals surface area contributed by atoms with Gasteiger partial charge in [-0.3, -0.25) is 9.97 Å². The zero-order valence-corrected chi connectivity index (χ0v) is 18.6. The van der Waals surface area contributed by atoms with Gasteiger partial charge >= 0.3 is 0 Å². The Bertz CT molecular complexity index is 1330. The number of nitrogens with zero attached hydrogens (tertiary/aromatic N) is 3. The molecule has 33 heavy (non-hydrogen) atoms. The SMILES string of the molecule is CC(=N)/C(=C(/C)N)c1cc(C(O)(c2ccccn2)c2ccccn2)c2nc(C3CC3)[nH]c2c1. The number of fused-ring (bicyclic) bond motifs is 1. The molecule has 5 rings (SSSR count). The van der Waals surface area contributed by atoms with Gasteiger partial charge in [0.25, 0.3) is 0 Å². The topological polar surface area (TPSA) is 125 Å². The number of hydrogen-bond donors (Lipinski definition) is 4. The Morgan fingerprint density at radius 1 is 1.06 bits per heavy atom. The van der Waals surface area contributed by atoms with Crippen LogP contribution < -0.4 is 5.73 Å². The Morgan fingerprint density at radius 3 is 2.18 bits per heavy atom. The van der Waals surface area contributed by atoms with E-state index in [1.54, 1.807) is 38.4 Å². The average Bonchev–Trinajstić information content (AvgIpc) is 3.58. The predicted molar refractivity (Wildman–Crippen MR) is 129 cm³/mol. The summed E-state index contributed by atoms with van der Waals surface area (Å²) in [5.41, 5.74) is 9.67. The van der Waals surface area contributed by atoms with E-state index in [2.05, 4.69) is 15.0 Å². The van der Waals surface area contributed by atoms with E-state index < -0.39 is 5.60 Å². The van der Waals surface area contributed by atoms with Crippen LogP contribution in [0.4, 0.5) is 0 Å². The molecule has 0 atom stereocenters. The zero-order valence-electron chi connectivity index (χ0n) is 18.6. The maximum absolute atomic E-state index is 12.4. The molecule has 3 aromatic heterocycles. The summed E-state index contributed by atoms with van der Waals surface area (Å²) in [4.78, 5) is 17.4. The van der Waals surface area contributed by atoms with Gasteiger partial charge in [0.05, 0.1) is 22.4 Å². The van der Waals surface area contributed by atoms with Crippen molar-refractivity contribution in [3.8, 4) is 0 Å². The lowest BCUT2D eigenvalue weighted by molar-refractivity contribution is 0.117. The van der Waals surface area contributed by atoms with Crippen LogP contribution in [0, 0.1) is 5.41 Å². The van der Waals surface area contributed by atoms with E-state index in [0.717, 1.165) is 29.7 Å². The Labute approximate surface area is 192 Å². The van der Waals surface area contributed by atoms with Gasteiger partial charge < -0.3 is 21.2 Å². The quantitative estimate of drug-likeness (QED) is 0.335. The Balaban J connectivity index is 1.87. The van der Waals surface area contributed by atoms with Crippen LogP contribution in [0.3, 0.4) is 0 Å². The van der Waals surface area contributed by atoms with E-state index in [1.807, 2.05) is 36.4 Å². The molecule has 4 aromatic rings. The van der Waals surface area contributed by atoms with Crippen molar-refractivity contribution in [1.29, 1.82) is 5.41 Å². The number of rotatable bonds is 6. The lowest BCUT2D eigenvalue weighted by Gasteiger charge is -2.28. The Hall–Kier alpha value is -3.84. The lowest BCUT2D eigenvalue weighted by Crippen LogP contribution is -2.31. The molecule has 0 bridgehead atoms. The number of imidazole rings is 1. The van der Waals surface area contributed by atoms with Crippen molar-refractivity contribution in [3.05, 3.63) is 95.0 Å². The van der Waals surface area contributed by atoms with Crippen molar-refractivity contribution in [1.82, 2.24) is 19.9 Å². The number of aromatic nitrogens is 4. The maximum Gasteiger partial charge on any atom is 0.176 e. The molecule has 0 unspecified atom stereocenters. The summed E-state index contributed by atoms with van der Waals surface area (Å²) >= 11 is 0. The first-order valence-corrected chi connectivity index (χ1v) is 11.0. The first kappa shape index (κ1) is 21.0. The third kappa shape index (κ3) is 3.60. The fourth-order valence-corrected chi connectivity index (χ4v) is 4.41. The van der Waals surface area contributed by atoms with Crippen molar-refractivity contribution in [3.63, 3.8) is 0 Å². The minimum Gasteiger partial charge on any atom is -0.402 e. The van der Waals surface area contributed by atoms with Crippen molar-refractivity contribution < 1.29 is 5.11 Å². The van der Waals surface area contributed by atoms with Gasteiger partial charge in [0.2, 0.25) is 0 Å². The molecule has 0 aliphatic heterocycles. The molecule has 7 heteroatoms. The molecular formula is C26H26N6O. The van der Waals surface area contributed by atoms with Gasteiger partial charge in [0.15, 0.2) is 5.60 Å². The monoisotopic (exact) mass is 438 g/mol. The molecule has 0 amide bonds. The highest BCUT2D eigenvalue weighted by Crippen LogP contribution is 2.43. The molecule has 0 saturated heterocycles. The second-order valence-corrected chi connectivity index (χ2v) is 8.64. The summed E-state index contributed by atoms with van der Waals surface area (Å²) in [6, 6.07) is 14.7. The first-order chi connectivity index (χ1) is 15.9. The summed E-state index contributed by atoms with van der Waals surface area (Å²) in [6.07, 6.45) is 5.50. The van der Waals surface area contributed by atoms with E-state index in [-0.39, 0.29) is 0 Å². The number of benzene rings is 1. The minimum absolute atomic E-state index is 0.349. The van der Waals surface area contributed by atoms with Crippen LogP contribution in [-0.4, -0.2) is 30.8 Å². The summed E-state index contributed by atoms with van der Waals surface area (Å²) in [5, 5.41) is 20.7. The number of aromatic amines is 1. The summed E-state index contributed by atoms with van der Waals surface area (Å²) in [5.74, 6) is 1.32. The van der Waals surface area contributed by atoms with Crippen LogP contribution in [0.2, 0.25) is 0 Å². The second-order valence-electron chi connectivity index (χ2n) is 8.64. The van der Waals surface area contributed by atoms with Crippen LogP contribution in [0.15, 0.2) is 66.6 Å². The Kier molecular flexibility index (Phi) is 5.06. The number of allylic oxidation sites excluding steroid dienone is 2. The molecule has 3 heterocycles. The van der Waals surface area contributed by atoms with Gasteiger partial charge in [-0.1, -0.05) is 12.1 Å². The van der Waals surface area contributed by atoms with Crippen LogP contribution in [-0.2, 0) is 5.60 Å². The average molecular weight is 439 g/mol. The molecule has 1 aromatic carbocycles. The zero-order chi connectivity index (χ0) is 23.2. The van der Waals surface area contributed by atoms with E-state index in [0.29, 0.717) is 45.4 Å². The highest BCUT2D eigenvalue weighted by atomic mass is 16.3. The molecule has 1 saturated carbocycles. The van der Waals surface area contributed by atoms with Crippen LogP contribution >= 0.6 is 0 Å². The van der Waals surface area contributed by atoms with Gasteiger partial charge in [0.1, 0.15) is 5.82 Å². The van der Waals surface area contributed by atoms with E-state index in [9.17, 15) is 5.11 Å².